The number of carbonyl (C=O) groups is 1. The Kier molecular flexibility index (Phi) is 5.90. The third-order valence-electron chi connectivity index (χ3n) is 3.87. The maximum absolute atomic E-state index is 12.1. The molecule has 0 aromatic heterocycles. The average Bonchev–Trinajstić information content (AvgIpc) is 2.46. The summed E-state index contributed by atoms with van der Waals surface area (Å²) in [6.07, 6.45) is 2.04. The molecule has 0 saturated carbocycles. The van der Waals surface area contributed by atoms with Gasteiger partial charge in [0.25, 0.3) is 0 Å². The van der Waals surface area contributed by atoms with Crippen molar-refractivity contribution in [1.29, 1.82) is 0 Å². The Labute approximate surface area is 149 Å². The molecule has 2 rings (SSSR count). The molecular weight excluding hydrogens is 365 g/mol. The Hall–Kier alpha value is -2.16. The van der Waals surface area contributed by atoms with Crippen LogP contribution < -0.4 is 5.09 Å². The third-order valence-corrected chi connectivity index (χ3v) is 4.42. The van der Waals surface area contributed by atoms with Gasteiger partial charge in [0.05, 0.1) is 0 Å². The molecule has 1 aliphatic rings. The van der Waals surface area contributed by atoms with Gasteiger partial charge in [-0.2, -0.15) is 0 Å². The number of rotatable bonds is 7. The zero-order valence-electron chi connectivity index (χ0n) is 13.6. The first-order chi connectivity index (χ1) is 12.0. The van der Waals surface area contributed by atoms with Gasteiger partial charge in [-0.15, -0.1) is 0 Å². The fourth-order valence-corrected chi connectivity index (χ4v) is 3.30. The SMILES string of the molecule is O=C1C=C(O)C=C(NP(=O)(O)O)C1C(O)(O)CCCc1ccc(O)cc1. The number of phenols is 1. The van der Waals surface area contributed by atoms with Crippen LogP contribution in [0, 0.1) is 5.92 Å². The second-order valence-electron chi connectivity index (χ2n) is 6.06. The summed E-state index contributed by atoms with van der Waals surface area (Å²) in [7, 11) is -4.83. The lowest BCUT2D eigenvalue weighted by molar-refractivity contribution is -0.196. The molecule has 0 fully saturated rings. The topological polar surface area (TPSA) is 168 Å². The molecule has 0 heterocycles. The molecule has 1 unspecified atom stereocenters. The van der Waals surface area contributed by atoms with Crippen molar-refractivity contribution in [2.24, 2.45) is 5.92 Å². The highest BCUT2D eigenvalue weighted by Gasteiger charge is 2.44. The number of aliphatic hydroxyl groups is 3. The van der Waals surface area contributed by atoms with Crippen LogP contribution in [0.4, 0.5) is 0 Å². The van der Waals surface area contributed by atoms with Gasteiger partial charge in [-0.05, 0) is 30.5 Å². The number of allylic oxidation sites excluding steroid dienone is 2. The van der Waals surface area contributed by atoms with E-state index in [9.17, 15) is 29.8 Å². The standard InChI is InChI=1S/C16H20NO8P/c18-11-5-3-10(4-6-11)2-1-7-16(21,22)15-13(17-26(23,24)25)8-12(19)9-14(15)20/h3-6,8-9,15,18-19,21-22H,1-2,7H2,(H3,17,23,24,25). The van der Waals surface area contributed by atoms with Crippen LogP contribution in [0.2, 0.25) is 0 Å². The highest BCUT2D eigenvalue weighted by molar-refractivity contribution is 7.49. The Morgan fingerprint density at radius 2 is 1.69 bits per heavy atom. The molecule has 0 radical (unpaired) electrons. The molecule has 1 aromatic carbocycles. The summed E-state index contributed by atoms with van der Waals surface area (Å²) in [5, 5.41) is 41.1. The third kappa shape index (κ3) is 5.42. The highest BCUT2D eigenvalue weighted by atomic mass is 31.2. The van der Waals surface area contributed by atoms with E-state index in [-0.39, 0.29) is 18.6 Å². The van der Waals surface area contributed by atoms with Crippen LogP contribution in [-0.2, 0) is 15.8 Å². The summed E-state index contributed by atoms with van der Waals surface area (Å²) in [5.74, 6) is -5.60. The number of aromatic hydroxyl groups is 1. The van der Waals surface area contributed by atoms with Crippen molar-refractivity contribution in [2.45, 2.75) is 25.0 Å². The van der Waals surface area contributed by atoms with Gasteiger partial charge in [0.15, 0.2) is 11.6 Å². The molecule has 10 heteroatoms. The predicted octanol–water partition coefficient (Wildman–Crippen LogP) is 0.603. The summed E-state index contributed by atoms with van der Waals surface area (Å²) in [5.41, 5.74) is 0.355. The van der Waals surface area contributed by atoms with Crippen molar-refractivity contribution in [3.05, 3.63) is 53.4 Å². The molecule has 1 aliphatic carbocycles. The predicted molar refractivity (Wildman–Crippen MR) is 90.7 cm³/mol. The second-order valence-corrected chi connectivity index (χ2v) is 7.37. The molecule has 1 atom stereocenters. The number of ketones is 1. The van der Waals surface area contributed by atoms with Crippen molar-refractivity contribution < 1.29 is 39.6 Å². The van der Waals surface area contributed by atoms with Crippen LogP contribution in [0.15, 0.2) is 47.9 Å². The van der Waals surface area contributed by atoms with Crippen molar-refractivity contribution in [3.8, 4) is 5.75 Å². The number of benzene rings is 1. The minimum atomic E-state index is -4.83. The van der Waals surface area contributed by atoms with Crippen molar-refractivity contribution >= 4 is 13.5 Å². The van der Waals surface area contributed by atoms with Gasteiger partial charge in [0.2, 0.25) is 0 Å². The molecule has 0 aliphatic heterocycles. The van der Waals surface area contributed by atoms with Crippen LogP contribution in [-0.4, -0.2) is 41.8 Å². The molecular formula is C16H20NO8P. The molecule has 7 N–H and O–H groups in total. The van der Waals surface area contributed by atoms with Crippen molar-refractivity contribution in [3.63, 3.8) is 0 Å². The van der Waals surface area contributed by atoms with Gasteiger partial charge in [0.1, 0.15) is 17.4 Å². The van der Waals surface area contributed by atoms with Gasteiger partial charge >= 0.3 is 7.75 Å². The number of carbonyl (C=O) groups excluding carboxylic acids is 1. The van der Waals surface area contributed by atoms with Crippen LogP contribution in [0.3, 0.4) is 0 Å². The number of nitrogens with one attached hydrogen (secondary N) is 1. The maximum atomic E-state index is 12.1. The summed E-state index contributed by atoms with van der Waals surface area (Å²) in [6, 6.07) is 6.31. The van der Waals surface area contributed by atoms with E-state index in [0.29, 0.717) is 6.42 Å². The lowest BCUT2D eigenvalue weighted by Gasteiger charge is -2.33. The van der Waals surface area contributed by atoms with Crippen molar-refractivity contribution in [2.75, 3.05) is 0 Å². The Morgan fingerprint density at radius 3 is 2.27 bits per heavy atom. The fourth-order valence-electron chi connectivity index (χ4n) is 2.77. The Morgan fingerprint density at radius 1 is 1.08 bits per heavy atom. The molecule has 1 aromatic rings. The largest absolute Gasteiger partial charge is 0.508 e. The lowest BCUT2D eigenvalue weighted by Crippen LogP contribution is -2.46. The average molecular weight is 385 g/mol. The smallest absolute Gasteiger partial charge is 0.427 e. The number of aliphatic hydroxyl groups excluding tert-OH is 1. The van der Waals surface area contributed by atoms with Gasteiger partial charge in [-0.25, -0.2) is 4.57 Å². The minimum Gasteiger partial charge on any atom is -0.508 e. The number of hydrogen-bond acceptors (Lipinski definition) is 6. The minimum absolute atomic E-state index is 0.102. The normalized spacial score (nSPS) is 18.3. The summed E-state index contributed by atoms with van der Waals surface area (Å²) in [6.45, 7) is 0. The summed E-state index contributed by atoms with van der Waals surface area (Å²) < 4.78 is 11.2. The molecule has 0 bridgehead atoms. The molecule has 26 heavy (non-hydrogen) atoms. The van der Waals surface area contributed by atoms with Gasteiger partial charge in [0, 0.05) is 24.3 Å². The van der Waals surface area contributed by atoms with E-state index >= 15 is 0 Å². The first-order valence-electron chi connectivity index (χ1n) is 7.70. The first kappa shape index (κ1) is 20.2. The molecule has 142 valence electrons. The van der Waals surface area contributed by atoms with Gasteiger partial charge in [-0.3, -0.25) is 9.88 Å². The quantitative estimate of drug-likeness (QED) is 0.263. The zero-order valence-corrected chi connectivity index (χ0v) is 14.5. The van der Waals surface area contributed by atoms with Gasteiger partial charge in [-0.1, -0.05) is 12.1 Å². The van der Waals surface area contributed by atoms with Crippen LogP contribution >= 0.6 is 7.75 Å². The van der Waals surface area contributed by atoms with Crippen molar-refractivity contribution in [1.82, 2.24) is 5.09 Å². The highest BCUT2D eigenvalue weighted by Crippen LogP contribution is 2.38. The zero-order chi connectivity index (χ0) is 19.5. The van der Waals surface area contributed by atoms with E-state index in [0.717, 1.165) is 17.7 Å². The maximum Gasteiger partial charge on any atom is 0.427 e. The first-order valence-corrected chi connectivity index (χ1v) is 9.32. The van der Waals surface area contributed by atoms with E-state index in [1.54, 1.807) is 17.2 Å². The molecule has 0 amide bonds. The van der Waals surface area contributed by atoms with Crippen LogP contribution in [0.5, 0.6) is 5.75 Å². The molecule has 0 saturated heterocycles. The fraction of sp³-hybridized carbons (Fsp3) is 0.312. The molecule has 0 spiro atoms. The Balaban J connectivity index is 2.11. The van der Waals surface area contributed by atoms with E-state index < -0.39 is 36.7 Å². The van der Waals surface area contributed by atoms with E-state index in [1.807, 2.05) is 0 Å². The van der Waals surface area contributed by atoms with E-state index in [4.69, 9.17) is 9.79 Å². The van der Waals surface area contributed by atoms with Crippen LogP contribution in [0.25, 0.3) is 0 Å². The number of aryl methyl sites for hydroxylation is 1. The second kappa shape index (κ2) is 7.61. The summed E-state index contributed by atoms with van der Waals surface area (Å²) >= 11 is 0. The monoisotopic (exact) mass is 385 g/mol. The van der Waals surface area contributed by atoms with Crippen LogP contribution in [0.1, 0.15) is 18.4 Å². The van der Waals surface area contributed by atoms with Gasteiger partial charge < -0.3 is 30.2 Å². The molecule has 9 nitrogen and oxygen atoms in total. The number of hydrogen-bond donors (Lipinski definition) is 7. The summed E-state index contributed by atoms with van der Waals surface area (Å²) in [4.78, 5) is 30.2. The van der Waals surface area contributed by atoms with E-state index in [2.05, 4.69) is 0 Å². The Bertz CT molecular complexity index is 778. The number of phenolic OH excluding ortho intramolecular Hbond substituents is 1. The van der Waals surface area contributed by atoms with E-state index in [1.165, 1.54) is 12.1 Å². The lowest BCUT2D eigenvalue weighted by atomic mass is 9.84.